The van der Waals surface area contributed by atoms with Gasteiger partial charge in [0.05, 0.1) is 5.92 Å². The summed E-state index contributed by atoms with van der Waals surface area (Å²) >= 11 is 0. The number of carbonyl (C=O) groups is 2. The molecule has 0 aliphatic carbocycles. The maximum Gasteiger partial charge on any atom is 0.520 e. The van der Waals surface area contributed by atoms with Crippen LogP contribution in [0.15, 0.2) is 30.3 Å². The van der Waals surface area contributed by atoms with Crippen LogP contribution in [-0.2, 0) is 18.7 Å². The van der Waals surface area contributed by atoms with Crippen molar-refractivity contribution in [2.45, 2.75) is 19.3 Å². The van der Waals surface area contributed by atoms with Crippen molar-refractivity contribution in [1.29, 1.82) is 0 Å². The normalized spacial score (nSPS) is 14.2. The Bertz CT molecular complexity index is 501. The monoisotopic (exact) mass is 313 g/mol. The lowest BCUT2D eigenvalue weighted by Crippen LogP contribution is -2.20. The van der Waals surface area contributed by atoms with Crippen LogP contribution in [0.25, 0.3) is 0 Å². The van der Waals surface area contributed by atoms with E-state index in [1.807, 2.05) is 30.3 Å². The zero-order chi connectivity index (χ0) is 15.8. The third-order valence-electron chi connectivity index (χ3n) is 3.15. The molecule has 0 spiro atoms. The van der Waals surface area contributed by atoms with Crippen molar-refractivity contribution in [2.24, 2.45) is 5.92 Å². The van der Waals surface area contributed by atoms with Gasteiger partial charge in [-0.15, -0.1) is 4.52 Å². The predicted molar refractivity (Wildman–Crippen MR) is 76.7 cm³/mol. The first kappa shape index (κ1) is 17.3. The fourth-order valence-corrected chi connectivity index (χ4v) is 2.64. The molecule has 1 rings (SSSR count). The molecule has 1 aromatic rings. The Morgan fingerprint density at radius 3 is 2.38 bits per heavy atom. The van der Waals surface area contributed by atoms with E-state index in [0.717, 1.165) is 5.56 Å². The zero-order valence-electron chi connectivity index (χ0n) is 11.6. The van der Waals surface area contributed by atoms with Gasteiger partial charge in [0.2, 0.25) is 0 Å². The van der Waals surface area contributed by atoms with E-state index in [4.69, 9.17) is 14.7 Å². The largest absolute Gasteiger partial charge is 0.520 e. The van der Waals surface area contributed by atoms with Gasteiger partial charge in [-0.3, -0.25) is 4.79 Å². The van der Waals surface area contributed by atoms with E-state index < -0.39 is 32.0 Å². The Labute approximate surface area is 123 Å². The van der Waals surface area contributed by atoms with E-state index in [1.165, 1.54) is 0 Å². The summed E-state index contributed by atoms with van der Waals surface area (Å²) in [5.74, 6) is -3.00. The van der Waals surface area contributed by atoms with E-state index in [-0.39, 0.29) is 12.5 Å². The molecule has 0 radical (unpaired) electrons. The molecule has 114 valence electrons. The van der Waals surface area contributed by atoms with Crippen molar-refractivity contribution in [3.63, 3.8) is 0 Å². The third kappa shape index (κ3) is 6.02. The topological polar surface area (TPSA) is 101 Å². The summed E-state index contributed by atoms with van der Waals surface area (Å²) in [6.07, 6.45) is -0.183. The molecule has 0 heterocycles. The molecule has 7 heteroatoms. The molecular weight excluding hydrogens is 295 g/mol. The molecule has 0 aliphatic heterocycles. The highest BCUT2D eigenvalue weighted by Gasteiger charge is 2.27. The molecule has 0 amide bonds. The van der Waals surface area contributed by atoms with Gasteiger partial charge in [0.1, 0.15) is 6.61 Å². The van der Waals surface area contributed by atoms with Crippen molar-refractivity contribution in [3.8, 4) is 0 Å². The second kappa shape index (κ2) is 8.49. The third-order valence-corrected chi connectivity index (χ3v) is 4.15. The first-order valence-corrected chi connectivity index (χ1v) is 7.85. The summed E-state index contributed by atoms with van der Waals surface area (Å²) in [5, 5.41) is 17.7. The highest BCUT2D eigenvalue weighted by molar-refractivity contribution is 7.40. The van der Waals surface area contributed by atoms with Gasteiger partial charge < -0.3 is 10.2 Å². The van der Waals surface area contributed by atoms with Crippen LogP contribution in [0.4, 0.5) is 0 Å². The molecule has 6 nitrogen and oxygen atoms in total. The summed E-state index contributed by atoms with van der Waals surface area (Å²) in [6, 6.07) is 9.15. The highest BCUT2D eigenvalue weighted by atomic mass is 31.1. The fourth-order valence-electron chi connectivity index (χ4n) is 2.02. The van der Waals surface area contributed by atoms with Crippen molar-refractivity contribution in [1.82, 2.24) is 0 Å². The summed E-state index contributed by atoms with van der Waals surface area (Å²) < 4.78 is 16.3. The number of benzene rings is 1. The van der Waals surface area contributed by atoms with Gasteiger partial charge in [0, 0.05) is 0 Å². The standard InChI is InChI=1S/C14H17O6P/c1-10(14(17)18)12(11-5-3-2-4-6-11)7-8-20-21(19)9-13(15)16/h2-6,10,12H,7-9H2,1H3,(H-,15,16,17,18)/p+1. The molecule has 0 aliphatic rings. The summed E-state index contributed by atoms with van der Waals surface area (Å²) in [4.78, 5) is 21.6. The number of hydrogen-bond donors (Lipinski definition) is 2. The van der Waals surface area contributed by atoms with Crippen molar-refractivity contribution in [3.05, 3.63) is 35.9 Å². The van der Waals surface area contributed by atoms with E-state index in [0.29, 0.717) is 6.42 Å². The molecule has 2 N–H and O–H groups in total. The maximum atomic E-state index is 11.3. The van der Waals surface area contributed by atoms with E-state index in [2.05, 4.69) is 0 Å². The number of rotatable bonds is 9. The Kier molecular flexibility index (Phi) is 6.99. The number of hydrogen-bond acceptors (Lipinski definition) is 4. The molecule has 3 atom stereocenters. The molecule has 0 bridgehead atoms. The minimum absolute atomic E-state index is 0.0552. The number of carboxylic acids is 2. The molecular formula is C14H18O6P+. The lowest BCUT2D eigenvalue weighted by Gasteiger charge is -2.20. The van der Waals surface area contributed by atoms with Crippen LogP contribution >= 0.6 is 8.03 Å². The zero-order valence-corrected chi connectivity index (χ0v) is 12.5. The molecule has 0 fully saturated rings. The summed E-state index contributed by atoms with van der Waals surface area (Å²) in [7, 11) is -2.25. The van der Waals surface area contributed by atoms with Crippen molar-refractivity contribution >= 4 is 20.0 Å². The fraction of sp³-hybridized carbons (Fsp3) is 0.429. The quantitative estimate of drug-likeness (QED) is 0.680. The van der Waals surface area contributed by atoms with Crippen LogP contribution in [0.1, 0.15) is 24.8 Å². The van der Waals surface area contributed by atoms with Gasteiger partial charge in [-0.05, 0) is 22.5 Å². The average molecular weight is 313 g/mol. The predicted octanol–water partition coefficient (Wildman–Crippen LogP) is 2.72. The van der Waals surface area contributed by atoms with Crippen LogP contribution in [-0.4, -0.2) is 34.9 Å². The van der Waals surface area contributed by atoms with Crippen LogP contribution in [0.5, 0.6) is 0 Å². The summed E-state index contributed by atoms with van der Waals surface area (Å²) in [5.41, 5.74) is 0.865. The average Bonchev–Trinajstić information content (AvgIpc) is 2.43. The lowest BCUT2D eigenvalue weighted by atomic mass is 9.85. The minimum atomic E-state index is -2.25. The Morgan fingerprint density at radius 1 is 1.24 bits per heavy atom. The second-order valence-electron chi connectivity index (χ2n) is 4.65. The van der Waals surface area contributed by atoms with E-state index in [9.17, 15) is 14.2 Å². The molecule has 0 aromatic heterocycles. The first-order valence-electron chi connectivity index (χ1n) is 6.49. The molecule has 21 heavy (non-hydrogen) atoms. The minimum Gasteiger partial charge on any atom is -0.481 e. The van der Waals surface area contributed by atoms with Gasteiger partial charge in [0.15, 0.2) is 0 Å². The van der Waals surface area contributed by atoms with E-state index in [1.54, 1.807) is 6.92 Å². The molecule has 0 saturated heterocycles. The number of carboxylic acid groups (broad SMARTS) is 2. The Hall–Kier alpha value is -1.78. The molecule has 0 saturated carbocycles. The lowest BCUT2D eigenvalue weighted by molar-refractivity contribution is -0.142. The SMILES string of the molecule is CC(C(=O)O)C(CCO[P+](=O)CC(=O)O)c1ccccc1. The van der Waals surface area contributed by atoms with Gasteiger partial charge in [-0.1, -0.05) is 37.3 Å². The number of aliphatic carboxylic acids is 2. The summed E-state index contributed by atoms with van der Waals surface area (Å²) in [6.45, 7) is 1.66. The second-order valence-corrected chi connectivity index (χ2v) is 5.89. The van der Waals surface area contributed by atoms with Crippen LogP contribution in [0, 0.1) is 5.92 Å². The Morgan fingerprint density at radius 2 is 1.86 bits per heavy atom. The van der Waals surface area contributed by atoms with E-state index >= 15 is 0 Å². The van der Waals surface area contributed by atoms with Crippen LogP contribution in [0.2, 0.25) is 0 Å². The van der Waals surface area contributed by atoms with Gasteiger partial charge in [-0.2, -0.15) is 0 Å². The van der Waals surface area contributed by atoms with Gasteiger partial charge in [0.25, 0.3) is 6.16 Å². The van der Waals surface area contributed by atoms with Crippen molar-refractivity contribution < 1.29 is 28.9 Å². The van der Waals surface area contributed by atoms with Gasteiger partial charge in [-0.25, -0.2) is 4.79 Å². The van der Waals surface area contributed by atoms with Crippen LogP contribution < -0.4 is 0 Å². The molecule has 1 aromatic carbocycles. The van der Waals surface area contributed by atoms with Crippen molar-refractivity contribution in [2.75, 3.05) is 12.8 Å². The Balaban J connectivity index is 2.65. The highest BCUT2D eigenvalue weighted by Crippen LogP contribution is 2.30. The van der Waals surface area contributed by atoms with Gasteiger partial charge >= 0.3 is 20.0 Å². The molecule has 3 unspecified atom stereocenters. The smallest absolute Gasteiger partial charge is 0.481 e. The van der Waals surface area contributed by atoms with Crippen LogP contribution in [0.3, 0.4) is 0 Å². The first-order chi connectivity index (χ1) is 9.91. The maximum absolute atomic E-state index is 11.3.